The second kappa shape index (κ2) is 11.5. The summed E-state index contributed by atoms with van der Waals surface area (Å²) in [6.07, 6.45) is 0.461. The van der Waals surface area contributed by atoms with Gasteiger partial charge in [-0.3, -0.25) is 4.79 Å². The van der Waals surface area contributed by atoms with Gasteiger partial charge in [0.25, 0.3) is 5.91 Å². The van der Waals surface area contributed by atoms with Crippen molar-refractivity contribution in [2.75, 3.05) is 13.6 Å². The number of hydrogen-bond donors (Lipinski definition) is 1. The van der Waals surface area contributed by atoms with Crippen molar-refractivity contribution < 1.29 is 17.9 Å². The van der Waals surface area contributed by atoms with Crippen LogP contribution in [-0.4, -0.2) is 75.1 Å². The number of aromatic nitrogens is 4. The number of tetrazole rings is 1. The Balaban J connectivity index is 1.59. The number of ether oxygens (including phenoxy) is 1. The Morgan fingerprint density at radius 2 is 1.87 bits per heavy atom. The molecule has 0 spiro atoms. The number of likely N-dealkylation sites (N-methyl/N-ethyl adjacent to an activating group) is 1. The van der Waals surface area contributed by atoms with Crippen molar-refractivity contribution in [1.82, 2.24) is 29.8 Å². The molecule has 0 unspecified atom stereocenters. The quantitative estimate of drug-likeness (QED) is 0.378. The highest BCUT2D eigenvalue weighted by Gasteiger charge is 2.48. The molecule has 2 fully saturated rings. The van der Waals surface area contributed by atoms with E-state index in [4.69, 9.17) is 27.9 Å². The zero-order chi connectivity index (χ0) is 27.7. The van der Waals surface area contributed by atoms with Gasteiger partial charge in [0.1, 0.15) is 12.2 Å². The molecule has 208 valence electrons. The van der Waals surface area contributed by atoms with Gasteiger partial charge in [-0.05, 0) is 65.1 Å². The Hall–Kier alpha value is -2.57. The van der Waals surface area contributed by atoms with E-state index in [9.17, 15) is 13.2 Å². The number of sulfonamides is 1. The Labute approximate surface area is 237 Å². The van der Waals surface area contributed by atoms with Crippen LogP contribution < -0.4 is 0 Å². The summed E-state index contributed by atoms with van der Waals surface area (Å²) >= 11 is 12.6. The third-order valence-electron chi connectivity index (χ3n) is 7.30. The number of rotatable bonds is 10. The standard InChI is InChI=1S/C26H30Cl2N6O4S/c1-3-20(15-33(2)39(36,37)21-11-12-21)34-24(16-7-9-18(27)10-8-16)25(17-5-4-6-19(28)13-17)38-22(26(34)35)14-23-29-31-32-30-23/h4-10,13,20-22,24-25H,3,11-12,14-15H2,1-2H3,(H,29,30,31,32)/t20-,22+,24+,25+/m0/s1. The summed E-state index contributed by atoms with van der Waals surface area (Å²) in [6, 6.07) is 13.6. The van der Waals surface area contributed by atoms with Gasteiger partial charge in [-0.25, -0.2) is 17.8 Å². The smallest absolute Gasteiger partial charge is 0.253 e. The van der Waals surface area contributed by atoms with Gasteiger partial charge in [-0.2, -0.15) is 0 Å². The van der Waals surface area contributed by atoms with Crippen LogP contribution in [0.5, 0.6) is 0 Å². The molecule has 1 saturated heterocycles. The van der Waals surface area contributed by atoms with E-state index in [0.29, 0.717) is 35.1 Å². The van der Waals surface area contributed by atoms with Crippen LogP contribution in [0.15, 0.2) is 48.5 Å². The molecular formula is C26H30Cl2N6O4S. The molecule has 2 aliphatic rings. The number of carbonyl (C=O) groups excluding carboxylic acids is 1. The van der Waals surface area contributed by atoms with Gasteiger partial charge >= 0.3 is 0 Å². The van der Waals surface area contributed by atoms with Crippen molar-refractivity contribution in [3.63, 3.8) is 0 Å². The van der Waals surface area contributed by atoms with E-state index >= 15 is 0 Å². The number of H-pyrrole nitrogens is 1. The molecule has 0 bridgehead atoms. The molecule has 0 radical (unpaired) electrons. The Kier molecular flexibility index (Phi) is 8.25. The van der Waals surface area contributed by atoms with E-state index in [1.807, 2.05) is 37.3 Å². The van der Waals surface area contributed by atoms with Crippen molar-refractivity contribution in [3.8, 4) is 0 Å². The lowest BCUT2D eigenvalue weighted by Crippen LogP contribution is -2.57. The fourth-order valence-corrected chi connectivity index (χ4v) is 7.06. The summed E-state index contributed by atoms with van der Waals surface area (Å²) in [5.41, 5.74) is 1.60. The van der Waals surface area contributed by atoms with Crippen LogP contribution in [-0.2, 0) is 26.0 Å². The minimum absolute atomic E-state index is 0.124. The largest absolute Gasteiger partial charge is 0.357 e. The topological polar surface area (TPSA) is 121 Å². The summed E-state index contributed by atoms with van der Waals surface area (Å²) in [5, 5.41) is 14.7. The lowest BCUT2D eigenvalue weighted by atomic mass is 9.89. The Morgan fingerprint density at radius 1 is 1.13 bits per heavy atom. The van der Waals surface area contributed by atoms with E-state index in [0.717, 1.165) is 11.1 Å². The zero-order valence-electron chi connectivity index (χ0n) is 21.6. The number of carbonyl (C=O) groups is 1. The predicted molar refractivity (Wildman–Crippen MR) is 147 cm³/mol. The average molecular weight is 594 g/mol. The van der Waals surface area contributed by atoms with Gasteiger partial charge in [0.15, 0.2) is 5.82 Å². The molecule has 5 rings (SSSR count). The number of amides is 1. The molecule has 39 heavy (non-hydrogen) atoms. The van der Waals surface area contributed by atoms with Crippen molar-refractivity contribution >= 4 is 39.1 Å². The lowest BCUT2D eigenvalue weighted by molar-refractivity contribution is -0.179. The normalized spacial score (nSPS) is 22.8. The minimum Gasteiger partial charge on any atom is -0.357 e. The number of halogens is 2. The highest BCUT2D eigenvalue weighted by Crippen LogP contribution is 2.45. The second-order valence-corrected chi connectivity index (χ2v) is 13.2. The molecule has 2 heterocycles. The van der Waals surface area contributed by atoms with Gasteiger partial charge in [-0.1, -0.05) is 54.4 Å². The molecule has 1 N–H and O–H groups in total. The molecular weight excluding hydrogens is 563 g/mol. The van der Waals surface area contributed by atoms with E-state index in [1.165, 1.54) is 4.31 Å². The number of benzene rings is 2. The first-order valence-corrected chi connectivity index (χ1v) is 15.1. The van der Waals surface area contributed by atoms with Gasteiger partial charge in [0, 0.05) is 36.1 Å². The van der Waals surface area contributed by atoms with Gasteiger partial charge in [0.05, 0.1) is 11.3 Å². The first-order valence-electron chi connectivity index (χ1n) is 12.8. The Morgan fingerprint density at radius 3 is 2.49 bits per heavy atom. The van der Waals surface area contributed by atoms with Crippen LogP contribution in [0.2, 0.25) is 10.0 Å². The molecule has 1 amide bonds. The summed E-state index contributed by atoms with van der Waals surface area (Å²) in [6.45, 7) is 2.11. The maximum absolute atomic E-state index is 14.2. The molecule has 1 aromatic heterocycles. The first kappa shape index (κ1) is 28.0. The van der Waals surface area contributed by atoms with Crippen LogP contribution in [0.1, 0.15) is 55.3 Å². The van der Waals surface area contributed by atoms with E-state index in [-0.39, 0.29) is 24.1 Å². The van der Waals surface area contributed by atoms with Gasteiger partial charge < -0.3 is 9.64 Å². The summed E-state index contributed by atoms with van der Waals surface area (Å²) in [7, 11) is -1.86. The van der Waals surface area contributed by atoms with Crippen molar-refractivity contribution in [1.29, 1.82) is 0 Å². The third-order valence-corrected chi connectivity index (χ3v) is 10.1. The molecule has 1 aliphatic heterocycles. The maximum atomic E-state index is 14.2. The van der Waals surface area contributed by atoms with Crippen molar-refractivity contribution in [3.05, 3.63) is 75.5 Å². The van der Waals surface area contributed by atoms with Gasteiger partial charge in [-0.15, -0.1) is 5.10 Å². The van der Waals surface area contributed by atoms with E-state index in [2.05, 4.69) is 20.6 Å². The maximum Gasteiger partial charge on any atom is 0.253 e. The molecule has 1 saturated carbocycles. The van der Waals surface area contributed by atoms with Crippen LogP contribution in [0.3, 0.4) is 0 Å². The average Bonchev–Trinajstić information content (AvgIpc) is 3.66. The molecule has 13 heteroatoms. The second-order valence-electron chi connectivity index (χ2n) is 9.98. The Bertz CT molecular complexity index is 1400. The number of nitrogens with one attached hydrogen (secondary N) is 1. The molecule has 3 aromatic rings. The molecule has 2 aromatic carbocycles. The van der Waals surface area contributed by atoms with E-state index < -0.39 is 34.3 Å². The predicted octanol–water partition coefficient (Wildman–Crippen LogP) is 3.96. The number of hydrogen-bond acceptors (Lipinski definition) is 7. The third kappa shape index (κ3) is 5.97. The van der Waals surface area contributed by atoms with Crippen molar-refractivity contribution in [2.45, 2.75) is 62.1 Å². The highest BCUT2D eigenvalue weighted by molar-refractivity contribution is 7.90. The molecule has 1 aliphatic carbocycles. The van der Waals surface area contributed by atoms with Crippen LogP contribution >= 0.6 is 23.2 Å². The van der Waals surface area contributed by atoms with Crippen LogP contribution in [0, 0.1) is 0 Å². The van der Waals surface area contributed by atoms with Gasteiger partial charge in [0.2, 0.25) is 10.0 Å². The summed E-state index contributed by atoms with van der Waals surface area (Å²) in [4.78, 5) is 16.0. The number of nitrogens with zero attached hydrogens (tertiary/aromatic N) is 5. The molecule has 10 nitrogen and oxygen atoms in total. The highest BCUT2D eigenvalue weighted by atomic mass is 35.5. The van der Waals surface area contributed by atoms with Crippen LogP contribution in [0.4, 0.5) is 0 Å². The lowest BCUT2D eigenvalue weighted by Gasteiger charge is -2.48. The van der Waals surface area contributed by atoms with E-state index in [1.54, 1.807) is 30.1 Å². The SMILES string of the molecule is CC[C@@H](CN(C)S(=O)(=O)C1CC1)N1C(=O)[C@@H](Cc2nnn[nH]2)O[C@H](c2cccc(Cl)c2)[C@H]1c1ccc(Cl)cc1. The van der Waals surface area contributed by atoms with Crippen LogP contribution in [0.25, 0.3) is 0 Å². The number of aromatic amines is 1. The minimum atomic E-state index is -3.44. The summed E-state index contributed by atoms with van der Waals surface area (Å²) in [5.74, 6) is 0.137. The fraction of sp³-hybridized carbons (Fsp3) is 0.462. The number of morpholine rings is 1. The van der Waals surface area contributed by atoms with Crippen molar-refractivity contribution in [2.24, 2.45) is 0 Å². The summed E-state index contributed by atoms with van der Waals surface area (Å²) < 4.78 is 34.0. The first-order chi connectivity index (χ1) is 18.7. The fourth-order valence-electron chi connectivity index (χ4n) is 5.12. The molecule has 4 atom stereocenters. The zero-order valence-corrected chi connectivity index (χ0v) is 23.9. The monoisotopic (exact) mass is 592 g/mol.